The van der Waals surface area contributed by atoms with Crippen LogP contribution in [0.5, 0.6) is 0 Å². The molecule has 0 N–H and O–H groups in total. The van der Waals surface area contributed by atoms with Crippen molar-refractivity contribution in [3.8, 4) is 10.7 Å². The number of likely N-dealkylation sites (tertiary alicyclic amines) is 1. The molecule has 164 valence electrons. The Balaban J connectivity index is 1.23. The number of carbonyl (C=O) groups is 3. The number of thiophene rings is 1. The Hall–Kier alpha value is -3.24. The zero-order chi connectivity index (χ0) is 22.2. The number of hydrogen-bond donors (Lipinski definition) is 0. The molecule has 32 heavy (non-hydrogen) atoms. The normalized spacial score (nSPS) is 20.3. The topological polar surface area (TPSA) is 101 Å². The molecule has 10 heteroatoms. The molecule has 0 unspecified atom stereocenters. The SMILES string of the molecule is CC(=O)c1ccc(N2C(=O)C[C@@H](N3CCC(n4nnc(-c5cccs5)n4)CC3)C2=O)cc1. The van der Waals surface area contributed by atoms with Crippen LogP contribution in [0.2, 0.25) is 0 Å². The van der Waals surface area contributed by atoms with Gasteiger partial charge in [-0.15, -0.1) is 21.5 Å². The van der Waals surface area contributed by atoms with Crippen LogP contribution in [0.15, 0.2) is 41.8 Å². The van der Waals surface area contributed by atoms with Gasteiger partial charge in [-0.3, -0.25) is 19.3 Å². The van der Waals surface area contributed by atoms with E-state index in [1.807, 2.05) is 17.5 Å². The first kappa shape index (κ1) is 20.7. The second kappa shape index (κ2) is 8.36. The van der Waals surface area contributed by atoms with E-state index in [0.29, 0.717) is 30.2 Å². The molecule has 4 heterocycles. The van der Waals surface area contributed by atoms with Crippen LogP contribution in [0.4, 0.5) is 5.69 Å². The first-order chi connectivity index (χ1) is 15.5. The molecule has 2 amide bonds. The first-order valence-electron chi connectivity index (χ1n) is 10.6. The average molecular weight is 451 g/mol. The van der Waals surface area contributed by atoms with Crippen LogP contribution in [0.1, 0.15) is 42.6 Å². The molecular formula is C22H22N6O3S. The molecule has 0 radical (unpaired) electrons. The standard InChI is InChI=1S/C22H22N6O3S/c1-14(29)15-4-6-16(7-5-15)27-20(30)13-18(22(27)31)26-10-8-17(9-11-26)28-24-21(23-25-28)19-3-2-12-32-19/h2-7,12,17-18H,8-11,13H2,1H3/t18-/m1/s1. The molecule has 2 fully saturated rings. The fourth-order valence-electron chi connectivity index (χ4n) is 4.33. The second-order valence-electron chi connectivity index (χ2n) is 8.07. The minimum absolute atomic E-state index is 0.0549. The molecule has 3 aromatic rings. The number of tetrazole rings is 1. The van der Waals surface area contributed by atoms with Gasteiger partial charge in [-0.1, -0.05) is 6.07 Å². The summed E-state index contributed by atoms with van der Waals surface area (Å²) < 4.78 is 0. The molecule has 0 aliphatic carbocycles. The first-order valence-corrected chi connectivity index (χ1v) is 11.4. The Kier molecular flexibility index (Phi) is 5.40. The van der Waals surface area contributed by atoms with Gasteiger partial charge in [0, 0.05) is 18.7 Å². The predicted octanol–water partition coefficient (Wildman–Crippen LogP) is 2.57. The number of anilines is 1. The third kappa shape index (κ3) is 3.76. The monoisotopic (exact) mass is 450 g/mol. The fraction of sp³-hybridized carbons (Fsp3) is 0.364. The molecule has 2 aromatic heterocycles. The molecular weight excluding hydrogens is 428 g/mol. The summed E-state index contributed by atoms with van der Waals surface area (Å²) in [6.45, 7) is 2.85. The highest BCUT2D eigenvalue weighted by Crippen LogP contribution is 2.30. The van der Waals surface area contributed by atoms with E-state index in [1.54, 1.807) is 40.4 Å². The minimum atomic E-state index is -0.457. The van der Waals surface area contributed by atoms with Crippen molar-refractivity contribution in [2.24, 2.45) is 0 Å². The largest absolute Gasteiger partial charge is 0.295 e. The van der Waals surface area contributed by atoms with E-state index < -0.39 is 6.04 Å². The summed E-state index contributed by atoms with van der Waals surface area (Å²) in [5, 5.41) is 14.9. The molecule has 5 rings (SSSR count). The Bertz CT molecular complexity index is 1150. The number of nitrogens with zero attached hydrogens (tertiary/aromatic N) is 6. The molecule has 9 nitrogen and oxygen atoms in total. The predicted molar refractivity (Wildman–Crippen MR) is 118 cm³/mol. The van der Waals surface area contributed by atoms with Gasteiger partial charge in [-0.2, -0.15) is 4.80 Å². The van der Waals surface area contributed by atoms with Crippen molar-refractivity contribution in [2.45, 2.75) is 38.3 Å². The smallest absolute Gasteiger partial charge is 0.251 e. The maximum absolute atomic E-state index is 13.1. The molecule has 1 aromatic carbocycles. The van der Waals surface area contributed by atoms with Gasteiger partial charge in [0.25, 0.3) is 5.91 Å². The Morgan fingerprint density at radius 1 is 1.09 bits per heavy atom. The highest BCUT2D eigenvalue weighted by molar-refractivity contribution is 7.13. The summed E-state index contributed by atoms with van der Waals surface area (Å²) in [4.78, 5) is 43.2. The van der Waals surface area contributed by atoms with Gasteiger partial charge in [0.05, 0.1) is 29.1 Å². The summed E-state index contributed by atoms with van der Waals surface area (Å²) in [6, 6.07) is 10.2. The van der Waals surface area contributed by atoms with Gasteiger partial charge < -0.3 is 0 Å². The Labute approximate surface area is 188 Å². The Morgan fingerprint density at radius 2 is 1.84 bits per heavy atom. The van der Waals surface area contributed by atoms with Crippen LogP contribution in [0, 0.1) is 0 Å². The van der Waals surface area contributed by atoms with Gasteiger partial charge in [0.2, 0.25) is 11.7 Å². The number of carbonyl (C=O) groups excluding carboxylic acids is 3. The molecule has 1 atom stereocenters. The van der Waals surface area contributed by atoms with Gasteiger partial charge in [-0.25, -0.2) is 4.90 Å². The van der Waals surface area contributed by atoms with Crippen molar-refractivity contribution >= 4 is 34.6 Å². The lowest BCUT2D eigenvalue weighted by Crippen LogP contribution is -2.46. The van der Waals surface area contributed by atoms with Crippen molar-refractivity contribution in [2.75, 3.05) is 18.0 Å². The fourth-order valence-corrected chi connectivity index (χ4v) is 4.98. The van der Waals surface area contributed by atoms with E-state index in [2.05, 4.69) is 20.3 Å². The Morgan fingerprint density at radius 3 is 2.50 bits per heavy atom. The van der Waals surface area contributed by atoms with E-state index in [0.717, 1.165) is 17.7 Å². The van der Waals surface area contributed by atoms with E-state index in [4.69, 9.17) is 0 Å². The van der Waals surface area contributed by atoms with Crippen LogP contribution in [-0.2, 0) is 9.59 Å². The van der Waals surface area contributed by atoms with Crippen LogP contribution in [0.25, 0.3) is 10.7 Å². The van der Waals surface area contributed by atoms with E-state index >= 15 is 0 Å². The number of hydrogen-bond acceptors (Lipinski definition) is 8. The number of benzene rings is 1. The van der Waals surface area contributed by atoms with Crippen molar-refractivity contribution in [3.05, 3.63) is 47.3 Å². The zero-order valence-electron chi connectivity index (χ0n) is 17.5. The molecule has 0 bridgehead atoms. The third-order valence-electron chi connectivity index (χ3n) is 6.09. The highest BCUT2D eigenvalue weighted by atomic mass is 32.1. The minimum Gasteiger partial charge on any atom is -0.295 e. The summed E-state index contributed by atoms with van der Waals surface area (Å²) in [5.41, 5.74) is 1.06. The van der Waals surface area contributed by atoms with Gasteiger partial charge in [0.15, 0.2) is 5.78 Å². The van der Waals surface area contributed by atoms with Crippen molar-refractivity contribution in [1.29, 1.82) is 0 Å². The lowest BCUT2D eigenvalue weighted by Gasteiger charge is -2.34. The number of aromatic nitrogens is 4. The number of rotatable bonds is 5. The zero-order valence-corrected chi connectivity index (χ0v) is 18.4. The summed E-state index contributed by atoms with van der Waals surface area (Å²) in [5.74, 6) is 0.158. The second-order valence-corrected chi connectivity index (χ2v) is 9.02. The summed E-state index contributed by atoms with van der Waals surface area (Å²) >= 11 is 1.58. The summed E-state index contributed by atoms with van der Waals surface area (Å²) in [6.07, 6.45) is 1.74. The summed E-state index contributed by atoms with van der Waals surface area (Å²) in [7, 11) is 0. The molecule has 0 spiro atoms. The number of piperidine rings is 1. The molecule has 2 aliphatic rings. The highest BCUT2D eigenvalue weighted by Gasteiger charge is 2.43. The molecule has 0 saturated carbocycles. The number of Topliss-reactive ketones (excluding diaryl/α,β-unsaturated/α-hetero) is 1. The lowest BCUT2D eigenvalue weighted by atomic mass is 10.0. The van der Waals surface area contributed by atoms with Crippen LogP contribution >= 0.6 is 11.3 Å². The molecule has 2 aliphatic heterocycles. The van der Waals surface area contributed by atoms with Crippen LogP contribution < -0.4 is 4.90 Å². The number of amides is 2. The quantitative estimate of drug-likeness (QED) is 0.435. The van der Waals surface area contributed by atoms with E-state index in [-0.39, 0.29) is 30.1 Å². The van der Waals surface area contributed by atoms with E-state index in [1.165, 1.54) is 11.8 Å². The van der Waals surface area contributed by atoms with Gasteiger partial charge >= 0.3 is 0 Å². The van der Waals surface area contributed by atoms with Crippen molar-refractivity contribution in [3.63, 3.8) is 0 Å². The van der Waals surface area contributed by atoms with Crippen LogP contribution in [-0.4, -0.2) is 61.8 Å². The van der Waals surface area contributed by atoms with Crippen LogP contribution in [0.3, 0.4) is 0 Å². The van der Waals surface area contributed by atoms with Gasteiger partial charge in [0.1, 0.15) is 0 Å². The van der Waals surface area contributed by atoms with Gasteiger partial charge in [-0.05, 0) is 60.7 Å². The molecule has 2 saturated heterocycles. The number of ketones is 1. The number of imide groups is 1. The average Bonchev–Trinajstić information content (AvgIpc) is 3.54. The third-order valence-corrected chi connectivity index (χ3v) is 6.96. The maximum Gasteiger partial charge on any atom is 0.251 e. The maximum atomic E-state index is 13.1. The lowest BCUT2D eigenvalue weighted by molar-refractivity contribution is -0.123. The van der Waals surface area contributed by atoms with E-state index in [9.17, 15) is 14.4 Å². The van der Waals surface area contributed by atoms with Crippen molar-refractivity contribution < 1.29 is 14.4 Å². The van der Waals surface area contributed by atoms with Crippen molar-refractivity contribution in [1.82, 2.24) is 25.1 Å².